The van der Waals surface area contributed by atoms with Crippen molar-refractivity contribution in [2.75, 3.05) is 13.1 Å². The molecule has 1 aromatic heterocycles. The molecule has 1 aliphatic heterocycles. The largest absolute Gasteiger partial charge is 0.444 e. The van der Waals surface area contributed by atoms with Gasteiger partial charge in [0.15, 0.2) is 0 Å². The van der Waals surface area contributed by atoms with Gasteiger partial charge in [-0.05, 0) is 64.8 Å². The molecule has 1 aromatic carbocycles. The molecule has 2 heterocycles. The highest BCUT2D eigenvalue weighted by Crippen LogP contribution is 2.17. The quantitative estimate of drug-likeness (QED) is 0.823. The van der Waals surface area contributed by atoms with Crippen molar-refractivity contribution in [1.82, 2.24) is 25.0 Å². The molecule has 1 aliphatic rings. The Bertz CT molecular complexity index is 881. The average Bonchev–Trinajstić information content (AvgIpc) is 3.02. The third kappa shape index (κ3) is 5.47. The molecular weight excluding hydrogens is 394 g/mol. The highest BCUT2D eigenvalue weighted by atomic mass is 35.5. The molecule has 0 radical (unpaired) electrons. The Balaban J connectivity index is 1.59. The Labute approximate surface area is 175 Å². The number of aryl methyl sites for hydroxylation is 1. The van der Waals surface area contributed by atoms with Crippen molar-refractivity contribution >= 4 is 23.6 Å². The van der Waals surface area contributed by atoms with E-state index in [-0.39, 0.29) is 17.8 Å². The van der Waals surface area contributed by atoms with Crippen molar-refractivity contribution in [3.05, 3.63) is 40.9 Å². The van der Waals surface area contributed by atoms with Crippen LogP contribution in [0.4, 0.5) is 4.79 Å². The summed E-state index contributed by atoms with van der Waals surface area (Å²) in [5.74, 6) is 0.574. The Hall–Kier alpha value is -2.61. The van der Waals surface area contributed by atoms with Crippen LogP contribution in [-0.2, 0) is 4.74 Å². The van der Waals surface area contributed by atoms with E-state index in [2.05, 4.69) is 15.4 Å². The first-order valence-corrected chi connectivity index (χ1v) is 9.98. The van der Waals surface area contributed by atoms with E-state index in [1.165, 1.54) is 0 Å². The predicted molar refractivity (Wildman–Crippen MR) is 109 cm³/mol. The van der Waals surface area contributed by atoms with E-state index in [9.17, 15) is 9.59 Å². The van der Waals surface area contributed by atoms with E-state index in [0.29, 0.717) is 36.8 Å². The van der Waals surface area contributed by atoms with E-state index in [0.717, 1.165) is 5.69 Å². The second kappa shape index (κ2) is 8.41. The monoisotopic (exact) mass is 419 g/mol. The molecule has 1 N–H and O–H groups in total. The van der Waals surface area contributed by atoms with Gasteiger partial charge < -0.3 is 15.0 Å². The third-order valence-corrected chi connectivity index (χ3v) is 4.79. The van der Waals surface area contributed by atoms with Gasteiger partial charge in [-0.1, -0.05) is 11.6 Å². The molecule has 1 saturated heterocycles. The SMILES string of the molecule is Cc1nc(C(=O)N2CCC(NC(=O)OC(C)(C)C)CC2)nn1-c1ccc(Cl)cc1. The minimum atomic E-state index is -0.535. The topological polar surface area (TPSA) is 89.3 Å². The fourth-order valence-corrected chi connectivity index (χ4v) is 3.28. The summed E-state index contributed by atoms with van der Waals surface area (Å²) >= 11 is 5.93. The predicted octanol–water partition coefficient (Wildman–Crippen LogP) is 3.36. The maximum Gasteiger partial charge on any atom is 0.407 e. The van der Waals surface area contributed by atoms with Crippen LogP contribution in [0.1, 0.15) is 50.1 Å². The fourth-order valence-electron chi connectivity index (χ4n) is 3.15. The van der Waals surface area contributed by atoms with Gasteiger partial charge in [-0.3, -0.25) is 4.79 Å². The van der Waals surface area contributed by atoms with Crippen molar-refractivity contribution in [2.24, 2.45) is 0 Å². The lowest BCUT2D eigenvalue weighted by molar-refractivity contribution is 0.0472. The average molecular weight is 420 g/mol. The molecule has 3 rings (SSSR count). The number of likely N-dealkylation sites (tertiary alicyclic amines) is 1. The van der Waals surface area contributed by atoms with E-state index >= 15 is 0 Å². The molecule has 29 heavy (non-hydrogen) atoms. The number of nitrogens with one attached hydrogen (secondary N) is 1. The molecule has 1 fully saturated rings. The van der Waals surface area contributed by atoms with Crippen LogP contribution >= 0.6 is 11.6 Å². The highest BCUT2D eigenvalue weighted by molar-refractivity contribution is 6.30. The van der Waals surface area contributed by atoms with E-state index in [1.807, 2.05) is 32.9 Å². The zero-order chi connectivity index (χ0) is 21.2. The summed E-state index contributed by atoms with van der Waals surface area (Å²) in [7, 11) is 0. The summed E-state index contributed by atoms with van der Waals surface area (Å²) in [4.78, 5) is 30.8. The van der Waals surface area contributed by atoms with Crippen LogP contribution in [0.3, 0.4) is 0 Å². The van der Waals surface area contributed by atoms with Gasteiger partial charge in [0, 0.05) is 24.2 Å². The number of hydrogen-bond acceptors (Lipinski definition) is 5. The van der Waals surface area contributed by atoms with Gasteiger partial charge in [0.25, 0.3) is 5.91 Å². The summed E-state index contributed by atoms with van der Waals surface area (Å²) in [5.41, 5.74) is 0.256. The summed E-state index contributed by atoms with van der Waals surface area (Å²) in [6, 6.07) is 7.16. The Morgan fingerprint density at radius 2 is 1.79 bits per heavy atom. The van der Waals surface area contributed by atoms with E-state index < -0.39 is 11.7 Å². The van der Waals surface area contributed by atoms with Gasteiger partial charge in [-0.15, -0.1) is 5.10 Å². The number of benzene rings is 1. The number of rotatable bonds is 3. The lowest BCUT2D eigenvalue weighted by Gasteiger charge is -2.32. The fraction of sp³-hybridized carbons (Fsp3) is 0.500. The number of halogens is 1. The smallest absolute Gasteiger partial charge is 0.407 e. The molecule has 0 bridgehead atoms. The molecule has 0 aliphatic carbocycles. The minimum Gasteiger partial charge on any atom is -0.444 e. The molecule has 0 unspecified atom stereocenters. The number of carbonyl (C=O) groups excluding carboxylic acids is 2. The van der Waals surface area contributed by atoms with Crippen LogP contribution in [0.15, 0.2) is 24.3 Å². The number of aromatic nitrogens is 3. The zero-order valence-corrected chi connectivity index (χ0v) is 17.9. The lowest BCUT2D eigenvalue weighted by atomic mass is 10.1. The molecular formula is C20H26ClN5O3. The van der Waals surface area contributed by atoms with Crippen LogP contribution in [0.5, 0.6) is 0 Å². The van der Waals surface area contributed by atoms with Gasteiger partial charge >= 0.3 is 6.09 Å². The number of hydrogen-bond donors (Lipinski definition) is 1. The molecule has 2 amide bonds. The second-order valence-corrected chi connectivity index (χ2v) is 8.52. The van der Waals surface area contributed by atoms with E-state index in [1.54, 1.807) is 28.6 Å². The maximum absolute atomic E-state index is 12.8. The van der Waals surface area contributed by atoms with Gasteiger partial charge in [0.2, 0.25) is 5.82 Å². The summed E-state index contributed by atoms with van der Waals surface area (Å²) < 4.78 is 6.91. The summed E-state index contributed by atoms with van der Waals surface area (Å²) in [6.07, 6.45) is 0.880. The Kier molecular flexibility index (Phi) is 6.12. The molecule has 0 spiro atoms. The first kappa shape index (κ1) is 21.1. The van der Waals surface area contributed by atoms with Crippen LogP contribution in [0, 0.1) is 6.92 Å². The first-order chi connectivity index (χ1) is 13.6. The van der Waals surface area contributed by atoms with Crippen LogP contribution < -0.4 is 5.32 Å². The van der Waals surface area contributed by atoms with Crippen molar-refractivity contribution in [2.45, 2.75) is 52.2 Å². The lowest BCUT2D eigenvalue weighted by Crippen LogP contribution is -2.47. The Morgan fingerprint density at radius 1 is 1.17 bits per heavy atom. The van der Waals surface area contributed by atoms with Gasteiger partial charge in [0.1, 0.15) is 11.4 Å². The summed E-state index contributed by atoms with van der Waals surface area (Å²) in [6.45, 7) is 8.32. The number of nitrogens with zero attached hydrogens (tertiary/aromatic N) is 4. The molecule has 9 heteroatoms. The molecule has 0 atom stereocenters. The summed E-state index contributed by atoms with van der Waals surface area (Å²) in [5, 5.41) is 7.87. The highest BCUT2D eigenvalue weighted by Gasteiger charge is 2.28. The van der Waals surface area contributed by atoms with Crippen molar-refractivity contribution in [3.63, 3.8) is 0 Å². The zero-order valence-electron chi connectivity index (χ0n) is 17.1. The maximum atomic E-state index is 12.8. The van der Waals surface area contributed by atoms with Crippen LogP contribution in [-0.4, -0.2) is 56.4 Å². The van der Waals surface area contributed by atoms with Gasteiger partial charge in [-0.25, -0.2) is 14.5 Å². The minimum absolute atomic E-state index is 0.0183. The van der Waals surface area contributed by atoms with Gasteiger partial charge in [0.05, 0.1) is 5.69 Å². The normalized spacial score (nSPS) is 15.3. The van der Waals surface area contributed by atoms with Crippen molar-refractivity contribution in [3.8, 4) is 5.69 Å². The number of amides is 2. The van der Waals surface area contributed by atoms with Crippen LogP contribution in [0.25, 0.3) is 5.69 Å². The number of alkyl carbamates (subject to hydrolysis) is 1. The van der Waals surface area contributed by atoms with E-state index in [4.69, 9.17) is 16.3 Å². The van der Waals surface area contributed by atoms with Gasteiger partial charge in [-0.2, -0.15) is 0 Å². The third-order valence-electron chi connectivity index (χ3n) is 4.53. The van der Waals surface area contributed by atoms with Crippen molar-refractivity contribution < 1.29 is 14.3 Å². The second-order valence-electron chi connectivity index (χ2n) is 8.08. The van der Waals surface area contributed by atoms with Crippen molar-refractivity contribution in [1.29, 1.82) is 0 Å². The number of piperidine rings is 1. The number of ether oxygens (including phenoxy) is 1. The van der Waals surface area contributed by atoms with Crippen LogP contribution in [0.2, 0.25) is 5.02 Å². The molecule has 8 nitrogen and oxygen atoms in total. The Morgan fingerprint density at radius 3 is 2.38 bits per heavy atom. The molecule has 0 saturated carbocycles. The molecule has 156 valence electrons. The first-order valence-electron chi connectivity index (χ1n) is 9.61. The molecule has 2 aromatic rings. The standard InChI is InChI=1S/C20H26ClN5O3/c1-13-22-17(24-26(13)16-7-5-14(21)6-8-16)18(27)25-11-9-15(10-12-25)23-19(28)29-20(2,3)4/h5-8,15H,9-12H2,1-4H3,(H,23,28). The number of carbonyl (C=O) groups is 2.